The molecule has 1 spiro atoms. The number of hydrogen-bond donors (Lipinski definition) is 0. The molecule has 0 radical (unpaired) electrons. The van der Waals surface area contributed by atoms with Crippen molar-refractivity contribution >= 4 is 5.78 Å². The van der Waals surface area contributed by atoms with E-state index in [1.165, 1.54) is 32.1 Å². The molecule has 0 aromatic carbocycles. The summed E-state index contributed by atoms with van der Waals surface area (Å²) in [6.45, 7) is 3.96. The quantitative estimate of drug-likeness (QED) is 0.503. The largest absolute Gasteiger partial charge is 0.295 e. The van der Waals surface area contributed by atoms with E-state index in [1.807, 2.05) is 0 Å². The van der Waals surface area contributed by atoms with Crippen LogP contribution in [0.4, 0.5) is 0 Å². The zero-order valence-corrected chi connectivity index (χ0v) is 7.57. The second-order valence-electron chi connectivity index (χ2n) is 4.24. The fraction of sp³-hybridized carbons (Fsp3) is 0.727. The second-order valence-corrected chi connectivity index (χ2v) is 4.24. The third-order valence-electron chi connectivity index (χ3n) is 3.62. The SMILES string of the molecule is C=C1C(=O)CCC12CCCCC2. The third-order valence-corrected chi connectivity index (χ3v) is 3.62. The first kappa shape index (κ1) is 8.03. The van der Waals surface area contributed by atoms with Crippen LogP contribution in [0.5, 0.6) is 0 Å². The number of ketones is 1. The van der Waals surface area contributed by atoms with E-state index in [0.717, 1.165) is 18.4 Å². The van der Waals surface area contributed by atoms with E-state index < -0.39 is 0 Å². The normalized spacial score (nSPS) is 28.3. The third kappa shape index (κ3) is 1.03. The number of carbonyl (C=O) groups is 1. The van der Waals surface area contributed by atoms with E-state index in [-0.39, 0.29) is 5.41 Å². The summed E-state index contributed by atoms with van der Waals surface area (Å²) >= 11 is 0. The lowest BCUT2D eigenvalue weighted by Crippen LogP contribution is -2.22. The highest BCUT2D eigenvalue weighted by Crippen LogP contribution is 2.50. The molecule has 0 amide bonds. The molecule has 0 saturated heterocycles. The Kier molecular flexibility index (Phi) is 1.82. The highest BCUT2D eigenvalue weighted by molar-refractivity contribution is 5.98. The van der Waals surface area contributed by atoms with Crippen LogP contribution in [0.1, 0.15) is 44.9 Å². The standard InChI is InChI=1S/C11H16O/c1-9-10(12)5-8-11(9)6-3-2-4-7-11/h1-8H2. The first-order valence-electron chi connectivity index (χ1n) is 4.97. The fourth-order valence-electron chi connectivity index (χ4n) is 2.73. The maximum atomic E-state index is 11.3. The van der Waals surface area contributed by atoms with Gasteiger partial charge in [0.05, 0.1) is 0 Å². The summed E-state index contributed by atoms with van der Waals surface area (Å²) in [4.78, 5) is 11.3. The number of Topliss-reactive ketones (excluding diaryl/α,β-unsaturated/α-hetero) is 1. The predicted molar refractivity (Wildman–Crippen MR) is 48.9 cm³/mol. The molecule has 1 nitrogen and oxygen atoms in total. The van der Waals surface area contributed by atoms with Crippen LogP contribution in [-0.4, -0.2) is 5.78 Å². The van der Waals surface area contributed by atoms with E-state index >= 15 is 0 Å². The van der Waals surface area contributed by atoms with Gasteiger partial charge in [-0.2, -0.15) is 0 Å². The molecule has 0 heterocycles. The minimum Gasteiger partial charge on any atom is -0.295 e. The molecule has 0 bridgehead atoms. The average molecular weight is 164 g/mol. The zero-order valence-electron chi connectivity index (χ0n) is 7.57. The van der Waals surface area contributed by atoms with Gasteiger partial charge in [0.1, 0.15) is 0 Å². The van der Waals surface area contributed by atoms with Gasteiger partial charge in [-0.25, -0.2) is 0 Å². The van der Waals surface area contributed by atoms with E-state index in [4.69, 9.17) is 0 Å². The van der Waals surface area contributed by atoms with E-state index in [1.54, 1.807) is 0 Å². The topological polar surface area (TPSA) is 17.1 Å². The van der Waals surface area contributed by atoms with Gasteiger partial charge in [0.2, 0.25) is 0 Å². The Hall–Kier alpha value is -0.590. The average Bonchev–Trinajstić information content (AvgIpc) is 2.37. The van der Waals surface area contributed by atoms with Gasteiger partial charge in [0, 0.05) is 6.42 Å². The van der Waals surface area contributed by atoms with Crippen LogP contribution < -0.4 is 0 Å². The van der Waals surface area contributed by atoms with Crippen molar-refractivity contribution in [2.75, 3.05) is 0 Å². The predicted octanol–water partition coefficient (Wildman–Crippen LogP) is 2.86. The molecular weight excluding hydrogens is 148 g/mol. The summed E-state index contributed by atoms with van der Waals surface area (Å²) in [7, 11) is 0. The smallest absolute Gasteiger partial charge is 0.158 e. The van der Waals surface area contributed by atoms with Gasteiger partial charge in [-0.3, -0.25) is 4.79 Å². The first-order valence-corrected chi connectivity index (χ1v) is 4.97. The monoisotopic (exact) mass is 164 g/mol. The molecule has 2 saturated carbocycles. The van der Waals surface area contributed by atoms with Gasteiger partial charge in [0.15, 0.2) is 5.78 Å². The molecule has 2 aliphatic carbocycles. The summed E-state index contributed by atoms with van der Waals surface area (Å²) < 4.78 is 0. The molecule has 0 aromatic rings. The first-order chi connectivity index (χ1) is 5.75. The Morgan fingerprint density at radius 3 is 2.25 bits per heavy atom. The fourth-order valence-corrected chi connectivity index (χ4v) is 2.73. The summed E-state index contributed by atoms with van der Waals surface area (Å²) in [6.07, 6.45) is 8.24. The zero-order chi connectivity index (χ0) is 8.60. The van der Waals surface area contributed by atoms with Crippen LogP contribution in [-0.2, 0) is 4.79 Å². The molecule has 1 heteroatoms. The van der Waals surface area contributed by atoms with Crippen molar-refractivity contribution in [3.8, 4) is 0 Å². The Labute approximate surface area is 73.8 Å². The van der Waals surface area contributed by atoms with Crippen LogP contribution in [0.25, 0.3) is 0 Å². The molecule has 66 valence electrons. The lowest BCUT2D eigenvalue weighted by Gasteiger charge is -2.33. The van der Waals surface area contributed by atoms with Gasteiger partial charge in [-0.05, 0) is 30.3 Å². The van der Waals surface area contributed by atoms with Crippen LogP contribution in [0.15, 0.2) is 12.2 Å². The van der Waals surface area contributed by atoms with E-state index in [2.05, 4.69) is 6.58 Å². The van der Waals surface area contributed by atoms with Crippen LogP contribution in [0.3, 0.4) is 0 Å². The molecule has 12 heavy (non-hydrogen) atoms. The minimum absolute atomic E-state index is 0.259. The molecule has 0 unspecified atom stereocenters. The van der Waals surface area contributed by atoms with Crippen molar-refractivity contribution in [1.29, 1.82) is 0 Å². The number of hydrogen-bond acceptors (Lipinski definition) is 1. The maximum Gasteiger partial charge on any atom is 0.158 e. The van der Waals surface area contributed by atoms with Crippen LogP contribution in [0, 0.1) is 5.41 Å². The molecule has 0 aliphatic heterocycles. The van der Waals surface area contributed by atoms with Crippen molar-refractivity contribution in [3.63, 3.8) is 0 Å². The Bertz CT molecular complexity index is 221. The van der Waals surface area contributed by atoms with Crippen molar-refractivity contribution in [2.24, 2.45) is 5.41 Å². The minimum atomic E-state index is 0.259. The highest BCUT2D eigenvalue weighted by Gasteiger charge is 2.42. The Balaban J connectivity index is 2.19. The Morgan fingerprint density at radius 1 is 1.08 bits per heavy atom. The van der Waals surface area contributed by atoms with E-state index in [0.29, 0.717) is 5.78 Å². The summed E-state index contributed by atoms with van der Waals surface area (Å²) in [6, 6.07) is 0. The molecular formula is C11H16O. The van der Waals surface area contributed by atoms with Gasteiger partial charge in [0.25, 0.3) is 0 Å². The summed E-state index contributed by atoms with van der Waals surface area (Å²) in [5, 5.41) is 0. The molecule has 0 atom stereocenters. The number of allylic oxidation sites excluding steroid dienone is 1. The van der Waals surface area contributed by atoms with Crippen molar-refractivity contribution in [2.45, 2.75) is 44.9 Å². The van der Waals surface area contributed by atoms with Crippen molar-refractivity contribution in [1.82, 2.24) is 0 Å². The van der Waals surface area contributed by atoms with Crippen LogP contribution >= 0.6 is 0 Å². The molecule has 0 N–H and O–H groups in total. The summed E-state index contributed by atoms with van der Waals surface area (Å²) in [5.41, 5.74) is 1.21. The molecule has 0 aromatic heterocycles. The molecule has 2 fully saturated rings. The maximum absolute atomic E-state index is 11.3. The van der Waals surface area contributed by atoms with Gasteiger partial charge >= 0.3 is 0 Å². The number of rotatable bonds is 0. The second kappa shape index (κ2) is 2.72. The lowest BCUT2D eigenvalue weighted by molar-refractivity contribution is -0.114. The van der Waals surface area contributed by atoms with Crippen LogP contribution in [0.2, 0.25) is 0 Å². The van der Waals surface area contributed by atoms with Gasteiger partial charge < -0.3 is 0 Å². The van der Waals surface area contributed by atoms with E-state index in [9.17, 15) is 4.79 Å². The van der Waals surface area contributed by atoms with Gasteiger partial charge in [-0.1, -0.05) is 25.8 Å². The lowest BCUT2D eigenvalue weighted by atomic mass is 9.71. The van der Waals surface area contributed by atoms with Crippen molar-refractivity contribution < 1.29 is 4.79 Å². The Morgan fingerprint density at radius 2 is 1.75 bits per heavy atom. The highest BCUT2D eigenvalue weighted by atomic mass is 16.1. The molecule has 2 rings (SSSR count). The summed E-state index contributed by atoms with van der Waals surface area (Å²) in [5.74, 6) is 0.330. The van der Waals surface area contributed by atoms with Gasteiger partial charge in [-0.15, -0.1) is 0 Å². The van der Waals surface area contributed by atoms with Crippen molar-refractivity contribution in [3.05, 3.63) is 12.2 Å². The molecule has 2 aliphatic rings. The number of carbonyl (C=O) groups excluding carboxylic acids is 1.